The Morgan fingerprint density at radius 2 is 1.97 bits per heavy atom. The number of pyridine rings is 1. The molecule has 0 bridgehead atoms. The number of likely N-dealkylation sites (N-methyl/N-ethyl adjacent to an activating group) is 1. The number of carbonyl (C=O) groups excluding carboxylic acids is 2. The maximum absolute atomic E-state index is 14.4. The highest BCUT2D eigenvalue weighted by Crippen LogP contribution is 2.33. The summed E-state index contributed by atoms with van der Waals surface area (Å²) in [4.78, 5) is 40.3. The molecule has 3 N–H and O–H groups in total. The molecule has 2 amide bonds. The van der Waals surface area contributed by atoms with Gasteiger partial charge in [0.2, 0.25) is 0 Å². The average molecular weight is 499 g/mol. The van der Waals surface area contributed by atoms with E-state index in [2.05, 4.69) is 20.3 Å². The van der Waals surface area contributed by atoms with Crippen LogP contribution >= 0.6 is 0 Å². The summed E-state index contributed by atoms with van der Waals surface area (Å²) in [5.41, 5.74) is 9.40. The minimum Gasteiger partial charge on any atom is -0.364 e. The first-order valence-electron chi connectivity index (χ1n) is 12.1. The summed E-state index contributed by atoms with van der Waals surface area (Å²) < 4.78 is 14.4. The van der Waals surface area contributed by atoms with Crippen LogP contribution in [0.4, 0.5) is 4.39 Å². The Labute approximate surface area is 213 Å². The standard InChI is InChI=1S/C28H27FN6O2/c1-16-8-18(10-19(29)9-16)22-12-33-23-6-5-17(24-13-31-14-25(34-24)27(30)36)11-21(23)26(22)28(37)35(2)15-20-4-3-7-32-20/h5-6,8-14,20,32H,3-4,7,15H2,1-2H3,(H2,30,36)/t20-/m0/s1. The molecule has 0 radical (unpaired) electrons. The van der Waals surface area contributed by atoms with Gasteiger partial charge in [0.05, 0.1) is 29.2 Å². The van der Waals surface area contributed by atoms with Crippen LogP contribution in [0.2, 0.25) is 0 Å². The number of rotatable bonds is 6. The maximum Gasteiger partial charge on any atom is 0.268 e. The van der Waals surface area contributed by atoms with Crippen molar-refractivity contribution in [1.82, 2.24) is 25.2 Å². The van der Waals surface area contributed by atoms with E-state index in [0.29, 0.717) is 45.4 Å². The SMILES string of the molecule is Cc1cc(F)cc(-c2cnc3ccc(-c4cncc(C(N)=O)n4)cc3c2C(=O)N(C)C[C@@H]2CCCN2)c1. The molecule has 1 fully saturated rings. The Morgan fingerprint density at radius 1 is 1.14 bits per heavy atom. The van der Waals surface area contributed by atoms with E-state index < -0.39 is 5.91 Å². The zero-order valence-electron chi connectivity index (χ0n) is 20.7. The first-order valence-corrected chi connectivity index (χ1v) is 12.1. The number of fused-ring (bicyclic) bond motifs is 1. The van der Waals surface area contributed by atoms with Crippen molar-refractivity contribution in [2.75, 3.05) is 20.1 Å². The van der Waals surface area contributed by atoms with E-state index in [9.17, 15) is 14.0 Å². The molecule has 0 spiro atoms. The number of primary amides is 1. The topological polar surface area (TPSA) is 114 Å². The van der Waals surface area contributed by atoms with Crippen LogP contribution in [0.1, 0.15) is 39.3 Å². The van der Waals surface area contributed by atoms with E-state index in [1.165, 1.54) is 24.5 Å². The minimum atomic E-state index is -0.682. The third-order valence-corrected chi connectivity index (χ3v) is 6.62. The lowest BCUT2D eigenvalue weighted by molar-refractivity contribution is 0.0786. The van der Waals surface area contributed by atoms with Gasteiger partial charge in [-0.15, -0.1) is 0 Å². The van der Waals surface area contributed by atoms with Crippen LogP contribution in [-0.4, -0.2) is 57.8 Å². The predicted molar refractivity (Wildman–Crippen MR) is 139 cm³/mol. The molecule has 9 heteroatoms. The van der Waals surface area contributed by atoms with E-state index in [0.717, 1.165) is 24.9 Å². The molecule has 8 nitrogen and oxygen atoms in total. The fraction of sp³-hybridized carbons (Fsp3) is 0.250. The number of amides is 2. The minimum absolute atomic E-state index is 0.0415. The summed E-state index contributed by atoms with van der Waals surface area (Å²) in [6.07, 6.45) is 6.54. The third kappa shape index (κ3) is 5.03. The fourth-order valence-corrected chi connectivity index (χ4v) is 4.83. The smallest absolute Gasteiger partial charge is 0.268 e. The lowest BCUT2D eigenvalue weighted by Crippen LogP contribution is -2.38. The number of aryl methyl sites for hydroxylation is 1. The van der Waals surface area contributed by atoms with Gasteiger partial charge in [-0.1, -0.05) is 12.1 Å². The Bertz CT molecular complexity index is 1500. The molecule has 0 saturated carbocycles. The molecule has 4 aromatic rings. The number of nitrogens with zero attached hydrogens (tertiary/aromatic N) is 4. The van der Waals surface area contributed by atoms with Crippen LogP contribution in [0.5, 0.6) is 0 Å². The van der Waals surface area contributed by atoms with Crippen molar-refractivity contribution in [2.24, 2.45) is 5.73 Å². The molecule has 0 aliphatic carbocycles. The highest BCUT2D eigenvalue weighted by Gasteiger charge is 2.25. The van der Waals surface area contributed by atoms with Crippen LogP contribution in [0, 0.1) is 12.7 Å². The summed E-state index contributed by atoms with van der Waals surface area (Å²) in [6, 6.07) is 10.3. The molecule has 1 saturated heterocycles. The van der Waals surface area contributed by atoms with Crippen LogP contribution < -0.4 is 11.1 Å². The van der Waals surface area contributed by atoms with Crippen molar-refractivity contribution in [3.05, 3.63) is 77.6 Å². The summed E-state index contributed by atoms with van der Waals surface area (Å²) in [5, 5.41) is 4.03. The number of halogens is 1. The molecular formula is C28H27FN6O2. The van der Waals surface area contributed by atoms with Gasteiger partial charge in [0.15, 0.2) is 0 Å². The number of hydrogen-bond acceptors (Lipinski definition) is 6. The number of carbonyl (C=O) groups is 2. The van der Waals surface area contributed by atoms with Crippen molar-refractivity contribution in [2.45, 2.75) is 25.8 Å². The fourth-order valence-electron chi connectivity index (χ4n) is 4.83. The molecule has 2 aromatic heterocycles. The molecule has 1 atom stereocenters. The highest BCUT2D eigenvalue weighted by molar-refractivity contribution is 6.12. The maximum atomic E-state index is 14.4. The molecule has 0 unspecified atom stereocenters. The summed E-state index contributed by atoms with van der Waals surface area (Å²) in [6.45, 7) is 3.30. The Kier molecular flexibility index (Phi) is 6.62. The van der Waals surface area contributed by atoms with Crippen molar-refractivity contribution in [3.63, 3.8) is 0 Å². The molecule has 2 aromatic carbocycles. The quantitative estimate of drug-likeness (QED) is 0.419. The van der Waals surface area contributed by atoms with E-state index >= 15 is 0 Å². The van der Waals surface area contributed by atoms with Crippen molar-refractivity contribution in [1.29, 1.82) is 0 Å². The first kappa shape index (κ1) is 24.5. The van der Waals surface area contributed by atoms with E-state index in [1.54, 1.807) is 30.3 Å². The molecular weight excluding hydrogens is 471 g/mol. The van der Waals surface area contributed by atoms with Crippen LogP contribution in [0.25, 0.3) is 33.3 Å². The molecule has 1 aliphatic heterocycles. The normalized spacial score (nSPS) is 15.2. The number of hydrogen-bond donors (Lipinski definition) is 2. The number of nitrogens with two attached hydrogens (primary N) is 1. The second-order valence-corrected chi connectivity index (χ2v) is 9.43. The van der Waals surface area contributed by atoms with Crippen LogP contribution in [-0.2, 0) is 0 Å². The third-order valence-electron chi connectivity index (χ3n) is 6.62. The Balaban J connectivity index is 1.69. The largest absolute Gasteiger partial charge is 0.364 e. The lowest BCUT2D eigenvalue weighted by atomic mass is 9.94. The highest BCUT2D eigenvalue weighted by atomic mass is 19.1. The second-order valence-electron chi connectivity index (χ2n) is 9.43. The van der Waals surface area contributed by atoms with Gasteiger partial charge < -0.3 is 16.0 Å². The van der Waals surface area contributed by atoms with Gasteiger partial charge in [0.1, 0.15) is 11.5 Å². The summed E-state index contributed by atoms with van der Waals surface area (Å²) in [7, 11) is 1.78. The van der Waals surface area contributed by atoms with Crippen LogP contribution in [0.15, 0.2) is 55.0 Å². The second kappa shape index (κ2) is 10.0. The van der Waals surface area contributed by atoms with Crippen LogP contribution in [0.3, 0.4) is 0 Å². The number of benzene rings is 2. The molecule has 1 aliphatic rings. The van der Waals surface area contributed by atoms with Gasteiger partial charge in [-0.3, -0.25) is 19.6 Å². The van der Waals surface area contributed by atoms with E-state index in [1.807, 2.05) is 19.1 Å². The Hall–Kier alpha value is -4.24. The summed E-state index contributed by atoms with van der Waals surface area (Å²) >= 11 is 0. The van der Waals surface area contributed by atoms with Gasteiger partial charge >= 0.3 is 0 Å². The zero-order valence-corrected chi connectivity index (χ0v) is 20.7. The first-order chi connectivity index (χ1) is 17.8. The van der Waals surface area contributed by atoms with E-state index in [4.69, 9.17) is 5.73 Å². The lowest BCUT2D eigenvalue weighted by Gasteiger charge is -2.24. The molecule has 188 valence electrons. The number of nitrogens with one attached hydrogen (secondary N) is 1. The van der Waals surface area contributed by atoms with Gasteiger partial charge in [-0.25, -0.2) is 9.37 Å². The van der Waals surface area contributed by atoms with Crippen molar-refractivity contribution in [3.8, 4) is 22.4 Å². The molecule has 5 rings (SSSR count). The molecule has 37 heavy (non-hydrogen) atoms. The summed E-state index contributed by atoms with van der Waals surface area (Å²) in [5.74, 6) is -1.25. The molecule has 3 heterocycles. The van der Waals surface area contributed by atoms with Gasteiger partial charge in [0.25, 0.3) is 11.8 Å². The van der Waals surface area contributed by atoms with Crippen molar-refractivity contribution >= 4 is 22.7 Å². The van der Waals surface area contributed by atoms with Gasteiger partial charge in [-0.05, 0) is 61.7 Å². The Morgan fingerprint density at radius 3 is 2.70 bits per heavy atom. The number of aromatic nitrogens is 3. The zero-order chi connectivity index (χ0) is 26.1. The van der Waals surface area contributed by atoms with E-state index in [-0.39, 0.29) is 23.5 Å². The predicted octanol–water partition coefficient (Wildman–Crippen LogP) is 3.73. The average Bonchev–Trinajstić information content (AvgIpc) is 3.39. The van der Waals surface area contributed by atoms with Crippen molar-refractivity contribution < 1.29 is 14.0 Å². The van der Waals surface area contributed by atoms with Gasteiger partial charge in [-0.2, -0.15) is 0 Å². The van der Waals surface area contributed by atoms with Gasteiger partial charge in [0, 0.05) is 42.3 Å². The monoisotopic (exact) mass is 498 g/mol.